The predicted octanol–water partition coefficient (Wildman–Crippen LogP) is 2.91. The molecule has 1 aliphatic rings. The van der Waals surface area contributed by atoms with E-state index >= 15 is 0 Å². The van der Waals surface area contributed by atoms with Crippen molar-refractivity contribution in [2.75, 3.05) is 11.9 Å². The van der Waals surface area contributed by atoms with E-state index in [9.17, 15) is 0 Å². The van der Waals surface area contributed by atoms with Crippen molar-refractivity contribution in [2.45, 2.75) is 38.5 Å². The van der Waals surface area contributed by atoms with Crippen LogP contribution in [0.5, 0.6) is 0 Å². The first-order chi connectivity index (χ1) is 9.79. The third kappa shape index (κ3) is 3.39. The molecule has 20 heavy (non-hydrogen) atoms. The topological polar surface area (TPSA) is 39.1 Å². The smallest absolute Gasteiger partial charge is 0.0751 e. The summed E-state index contributed by atoms with van der Waals surface area (Å²) < 4.78 is 7.73. The number of rotatable bonds is 5. The van der Waals surface area contributed by atoms with Gasteiger partial charge in [-0.15, -0.1) is 0 Å². The first kappa shape index (κ1) is 13.2. The Morgan fingerprint density at radius 3 is 2.80 bits per heavy atom. The lowest BCUT2D eigenvalue weighted by molar-refractivity contribution is 0.0637. The molecule has 2 atom stereocenters. The molecule has 0 bridgehead atoms. The minimum Gasteiger partial charge on any atom is -0.382 e. The van der Waals surface area contributed by atoms with Crippen LogP contribution >= 0.6 is 0 Å². The molecule has 1 saturated heterocycles. The largest absolute Gasteiger partial charge is 0.382 e. The number of ether oxygens (including phenoxy) is 1. The van der Waals surface area contributed by atoms with E-state index in [1.165, 1.54) is 12.0 Å². The van der Waals surface area contributed by atoms with Crippen LogP contribution in [0.25, 0.3) is 0 Å². The third-order valence-corrected chi connectivity index (χ3v) is 3.71. The Balaban J connectivity index is 1.51. The fourth-order valence-electron chi connectivity index (χ4n) is 2.58. The molecule has 0 spiro atoms. The Bertz CT molecular complexity index is 521. The molecule has 1 N–H and O–H groups in total. The summed E-state index contributed by atoms with van der Waals surface area (Å²) in [5, 5.41) is 7.66. The van der Waals surface area contributed by atoms with Crippen LogP contribution in [-0.2, 0) is 11.3 Å². The summed E-state index contributed by atoms with van der Waals surface area (Å²) in [6.07, 6.45) is 6.89. The highest BCUT2D eigenvalue weighted by Gasteiger charge is 2.21. The van der Waals surface area contributed by atoms with E-state index in [1.807, 2.05) is 16.9 Å². The van der Waals surface area contributed by atoms with Crippen LogP contribution in [0.1, 0.15) is 25.3 Å². The van der Waals surface area contributed by atoms with Crippen molar-refractivity contribution in [3.05, 3.63) is 48.3 Å². The second-order valence-electron chi connectivity index (χ2n) is 5.43. The number of nitrogens with one attached hydrogen (secondary N) is 1. The number of nitrogens with zero attached hydrogens (tertiary/aromatic N) is 2. The molecule has 1 aromatic carbocycles. The standard InChI is InChI=1S/C16H21N3O/c1-13-3-8-16(20-13)11-17-15-6-4-14(5-7-15)12-19-10-2-9-18-19/h2,4-7,9-10,13,16-17H,3,8,11-12H2,1H3. The lowest BCUT2D eigenvalue weighted by Crippen LogP contribution is -2.19. The molecule has 2 aromatic rings. The monoisotopic (exact) mass is 271 g/mol. The predicted molar refractivity (Wildman–Crippen MR) is 79.8 cm³/mol. The van der Waals surface area contributed by atoms with Crippen molar-refractivity contribution in [2.24, 2.45) is 0 Å². The maximum absolute atomic E-state index is 5.80. The third-order valence-electron chi connectivity index (χ3n) is 3.71. The highest BCUT2D eigenvalue weighted by molar-refractivity contribution is 5.44. The summed E-state index contributed by atoms with van der Waals surface area (Å²) in [5.74, 6) is 0. The number of anilines is 1. The highest BCUT2D eigenvalue weighted by atomic mass is 16.5. The summed E-state index contributed by atoms with van der Waals surface area (Å²) in [6.45, 7) is 3.85. The van der Waals surface area contributed by atoms with Gasteiger partial charge in [-0.25, -0.2) is 0 Å². The van der Waals surface area contributed by atoms with E-state index in [0.717, 1.165) is 25.2 Å². The van der Waals surface area contributed by atoms with Crippen molar-refractivity contribution in [3.63, 3.8) is 0 Å². The Kier molecular flexibility index (Phi) is 4.02. The first-order valence-electron chi connectivity index (χ1n) is 7.25. The molecule has 4 heteroatoms. The molecule has 1 aromatic heterocycles. The molecule has 4 nitrogen and oxygen atoms in total. The van der Waals surface area contributed by atoms with Gasteiger partial charge in [-0.3, -0.25) is 4.68 Å². The van der Waals surface area contributed by atoms with Crippen molar-refractivity contribution >= 4 is 5.69 Å². The molecular formula is C16H21N3O. The quantitative estimate of drug-likeness (QED) is 0.909. The normalized spacial score (nSPS) is 22.1. The minimum atomic E-state index is 0.355. The summed E-state index contributed by atoms with van der Waals surface area (Å²) in [7, 11) is 0. The molecule has 1 fully saturated rings. The molecule has 106 valence electrons. The van der Waals surface area contributed by atoms with Gasteiger partial charge in [0, 0.05) is 24.6 Å². The van der Waals surface area contributed by atoms with E-state index in [1.54, 1.807) is 6.20 Å². The molecule has 2 heterocycles. The summed E-state index contributed by atoms with van der Waals surface area (Å²) in [5.41, 5.74) is 2.40. The Labute approximate surface area is 119 Å². The fraction of sp³-hybridized carbons (Fsp3) is 0.438. The zero-order chi connectivity index (χ0) is 13.8. The van der Waals surface area contributed by atoms with Gasteiger partial charge in [0.05, 0.1) is 18.8 Å². The number of benzene rings is 1. The van der Waals surface area contributed by atoms with Crippen LogP contribution in [0, 0.1) is 0 Å². The van der Waals surface area contributed by atoms with Gasteiger partial charge in [-0.2, -0.15) is 5.10 Å². The molecule has 3 rings (SSSR count). The molecule has 2 unspecified atom stereocenters. The molecular weight excluding hydrogens is 250 g/mol. The summed E-state index contributed by atoms with van der Waals surface area (Å²) in [6, 6.07) is 10.5. The van der Waals surface area contributed by atoms with Gasteiger partial charge in [0.1, 0.15) is 0 Å². The van der Waals surface area contributed by atoms with Crippen molar-refractivity contribution in [1.82, 2.24) is 9.78 Å². The molecule has 0 saturated carbocycles. The van der Waals surface area contributed by atoms with Crippen LogP contribution in [0.15, 0.2) is 42.7 Å². The van der Waals surface area contributed by atoms with Crippen molar-refractivity contribution in [1.29, 1.82) is 0 Å². The fourth-order valence-corrected chi connectivity index (χ4v) is 2.58. The van der Waals surface area contributed by atoms with Gasteiger partial charge in [0.2, 0.25) is 0 Å². The number of aromatic nitrogens is 2. The maximum atomic E-state index is 5.80. The second kappa shape index (κ2) is 6.09. The van der Waals surface area contributed by atoms with E-state index in [-0.39, 0.29) is 0 Å². The molecule has 1 aliphatic heterocycles. The van der Waals surface area contributed by atoms with Crippen LogP contribution in [0.2, 0.25) is 0 Å². The van der Waals surface area contributed by atoms with Gasteiger partial charge in [-0.05, 0) is 43.5 Å². The number of hydrogen-bond donors (Lipinski definition) is 1. The average Bonchev–Trinajstić information content (AvgIpc) is 3.10. The summed E-state index contributed by atoms with van der Waals surface area (Å²) >= 11 is 0. The van der Waals surface area contributed by atoms with E-state index in [4.69, 9.17) is 4.74 Å². The SMILES string of the molecule is CC1CCC(CNc2ccc(Cn3cccn3)cc2)O1. The van der Waals surface area contributed by atoms with E-state index < -0.39 is 0 Å². The lowest BCUT2D eigenvalue weighted by Gasteiger charge is -2.13. The van der Waals surface area contributed by atoms with Gasteiger partial charge in [0.15, 0.2) is 0 Å². The zero-order valence-corrected chi connectivity index (χ0v) is 11.8. The summed E-state index contributed by atoms with van der Waals surface area (Å²) in [4.78, 5) is 0. The van der Waals surface area contributed by atoms with Gasteiger partial charge in [-0.1, -0.05) is 12.1 Å². The Morgan fingerprint density at radius 1 is 1.30 bits per heavy atom. The van der Waals surface area contributed by atoms with Crippen molar-refractivity contribution < 1.29 is 4.74 Å². The van der Waals surface area contributed by atoms with Crippen LogP contribution < -0.4 is 5.32 Å². The Hall–Kier alpha value is -1.81. The molecule has 0 amide bonds. The molecule has 0 radical (unpaired) electrons. The lowest BCUT2D eigenvalue weighted by atomic mass is 10.2. The van der Waals surface area contributed by atoms with Crippen LogP contribution in [0.3, 0.4) is 0 Å². The average molecular weight is 271 g/mol. The molecule has 0 aliphatic carbocycles. The van der Waals surface area contributed by atoms with E-state index in [0.29, 0.717) is 12.2 Å². The van der Waals surface area contributed by atoms with Crippen LogP contribution in [0.4, 0.5) is 5.69 Å². The number of hydrogen-bond acceptors (Lipinski definition) is 3. The van der Waals surface area contributed by atoms with Gasteiger partial charge < -0.3 is 10.1 Å². The highest BCUT2D eigenvalue weighted by Crippen LogP contribution is 2.19. The first-order valence-corrected chi connectivity index (χ1v) is 7.25. The van der Waals surface area contributed by atoms with Gasteiger partial charge in [0.25, 0.3) is 0 Å². The van der Waals surface area contributed by atoms with Crippen LogP contribution in [-0.4, -0.2) is 28.5 Å². The zero-order valence-electron chi connectivity index (χ0n) is 11.8. The second-order valence-corrected chi connectivity index (χ2v) is 5.43. The van der Waals surface area contributed by atoms with E-state index in [2.05, 4.69) is 41.6 Å². The van der Waals surface area contributed by atoms with Crippen molar-refractivity contribution in [3.8, 4) is 0 Å². The van der Waals surface area contributed by atoms with Gasteiger partial charge >= 0.3 is 0 Å². The maximum Gasteiger partial charge on any atom is 0.0751 e. The Morgan fingerprint density at radius 2 is 2.15 bits per heavy atom. The minimum absolute atomic E-state index is 0.355.